The fourth-order valence-electron chi connectivity index (χ4n) is 1.84. The minimum absolute atomic E-state index is 0.349. The van der Waals surface area contributed by atoms with Gasteiger partial charge in [-0.05, 0) is 48.9 Å². The van der Waals surface area contributed by atoms with Gasteiger partial charge in [0.15, 0.2) is 11.5 Å². The Morgan fingerprint density at radius 3 is 2.50 bits per heavy atom. The maximum atomic E-state index is 11.9. The fraction of sp³-hybridized carbons (Fsp3) is 0.118. The molecule has 0 saturated heterocycles. The molecule has 0 spiro atoms. The van der Waals surface area contributed by atoms with Gasteiger partial charge in [-0.2, -0.15) is 0 Å². The highest BCUT2D eigenvalue weighted by Crippen LogP contribution is 2.29. The lowest BCUT2D eigenvalue weighted by molar-refractivity contribution is 0.213. The van der Waals surface area contributed by atoms with Crippen molar-refractivity contribution in [1.82, 2.24) is 0 Å². The molecule has 0 aliphatic carbocycles. The normalized spacial score (nSPS) is 10.5. The van der Waals surface area contributed by atoms with E-state index in [-0.39, 0.29) is 0 Å². The van der Waals surface area contributed by atoms with E-state index in [0.717, 1.165) is 5.56 Å². The minimum atomic E-state index is -0.598. The molecule has 1 amide bonds. The van der Waals surface area contributed by atoms with Gasteiger partial charge in [-0.1, -0.05) is 29.8 Å². The third-order valence-electron chi connectivity index (χ3n) is 2.84. The Bertz CT molecular complexity index is 681. The predicted molar refractivity (Wildman–Crippen MR) is 88.8 cm³/mol. The number of amides is 1. The molecule has 0 bridgehead atoms. The van der Waals surface area contributed by atoms with Crippen molar-refractivity contribution in [2.24, 2.45) is 0 Å². The Labute approximate surface area is 134 Å². The van der Waals surface area contributed by atoms with E-state index >= 15 is 0 Å². The first-order valence-electron chi connectivity index (χ1n) is 6.67. The molecule has 0 unspecified atom stereocenters. The number of nitrogens with one attached hydrogen (secondary N) is 1. The summed E-state index contributed by atoms with van der Waals surface area (Å²) < 4.78 is 10.5. The summed E-state index contributed by atoms with van der Waals surface area (Å²) in [5.74, 6) is 0.837. The smallest absolute Gasteiger partial charge is 0.417 e. The van der Waals surface area contributed by atoms with E-state index in [1.165, 1.54) is 7.11 Å². The molecule has 1 N–H and O–H groups in total. The summed E-state index contributed by atoms with van der Waals surface area (Å²) in [6.07, 6.45) is 3.25. The van der Waals surface area contributed by atoms with Crippen molar-refractivity contribution in [2.75, 3.05) is 12.4 Å². The second-order valence-electron chi connectivity index (χ2n) is 4.43. The molecule has 2 aromatic carbocycles. The van der Waals surface area contributed by atoms with E-state index in [0.29, 0.717) is 22.2 Å². The molecule has 114 valence electrons. The second kappa shape index (κ2) is 7.52. The average Bonchev–Trinajstić information content (AvgIpc) is 2.51. The molecule has 0 saturated carbocycles. The Balaban J connectivity index is 2.09. The van der Waals surface area contributed by atoms with Crippen molar-refractivity contribution in [2.45, 2.75) is 6.92 Å². The molecule has 0 heterocycles. The van der Waals surface area contributed by atoms with Crippen LogP contribution in [0.5, 0.6) is 11.5 Å². The van der Waals surface area contributed by atoms with E-state index in [9.17, 15) is 4.79 Å². The van der Waals surface area contributed by atoms with Crippen molar-refractivity contribution in [1.29, 1.82) is 0 Å². The van der Waals surface area contributed by atoms with E-state index in [4.69, 9.17) is 21.1 Å². The summed E-state index contributed by atoms with van der Waals surface area (Å²) in [6.45, 7) is 1.93. The summed E-state index contributed by atoms with van der Waals surface area (Å²) in [7, 11) is 1.53. The van der Waals surface area contributed by atoms with Crippen LogP contribution in [0.3, 0.4) is 0 Å². The Morgan fingerprint density at radius 2 is 1.86 bits per heavy atom. The largest absolute Gasteiger partial charge is 0.493 e. The zero-order chi connectivity index (χ0) is 15.9. The minimum Gasteiger partial charge on any atom is -0.493 e. The van der Waals surface area contributed by atoms with E-state index in [2.05, 4.69) is 5.32 Å². The van der Waals surface area contributed by atoms with Gasteiger partial charge < -0.3 is 9.47 Å². The van der Waals surface area contributed by atoms with E-state index < -0.39 is 6.09 Å². The number of anilines is 1. The molecule has 5 heteroatoms. The van der Waals surface area contributed by atoms with Gasteiger partial charge in [0.2, 0.25) is 0 Å². The number of rotatable bonds is 4. The first-order valence-corrected chi connectivity index (χ1v) is 7.05. The number of allylic oxidation sites excluding steroid dienone is 1. The zero-order valence-electron chi connectivity index (χ0n) is 12.3. The van der Waals surface area contributed by atoms with E-state index in [1.54, 1.807) is 36.4 Å². The number of benzene rings is 2. The molecule has 0 aliphatic rings. The van der Waals surface area contributed by atoms with Crippen molar-refractivity contribution in [3.63, 3.8) is 0 Å². The Morgan fingerprint density at radius 1 is 1.14 bits per heavy atom. The summed E-state index contributed by atoms with van der Waals surface area (Å²) in [6, 6.07) is 12.1. The summed E-state index contributed by atoms with van der Waals surface area (Å²) in [5.41, 5.74) is 1.56. The quantitative estimate of drug-likeness (QED) is 0.864. The first kappa shape index (κ1) is 15.9. The van der Waals surface area contributed by atoms with Gasteiger partial charge in [-0.25, -0.2) is 4.79 Å². The van der Waals surface area contributed by atoms with Gasteiger partial charge in [0, 0.05) is 10.7 Å². The van der Waals surface area contributed by atoms with Crippen molar-refractivity contribution in [3.8, 4) is 11.5 Å². The standard InChI is InChI=1S/C17H16ClNO3/c1-3-4-12-5-10-15(16(11-12)21-2)22-17(20)19-14-8-6-13(18)7-9-14/h3-11H,1-2H3,(H,19,20). The van der Waals surface area contributed by atoms with Crippen LogP contribution in [0.25, 0.3) is 6.08 Å². The molecule has 0 aliphatic heterocycles. The molecule has 0 radical (unpaired) electrons. The van der Waals surface area contributed by atoms with Gasteiger partial charge in [0.25, 0.3) is 0 Å². The van der Waals surface area contributed by atoms with Crippen molar-refractivity contribution >= 4 is 29.5 Å². The lowest BCUT2D eigenvalue weighted by Crippen LogP contribution is -2.17. The number of halogens is 1. The molecular weight excluding hydrogens is 302 g/mol. The molecule has 2 rings (SSSR count). The van der Waals surface area contributed by atoms with Crippen LogP contribution in [0, 0.1) is 0 Å². The monoisotopic (exact) mass is 317 g/mol. The molecule has 2 aromatic rings. The number of methoxy groups -OCH3 is 1. The molecule has 0 fully saturated rings. The Kier molecular flexibility index (Phi) is 5.44. The van der Waals surface area contributed by atoms with Crippen LogP contribution in [0.15, 0.2) is 48.5 Å². The summed E-state index contributed by atoms with van der Waals surface area (Å²) >= 11 is 5.79. The second-order valence-corrected chi connectivity index (χ2v) is 4.87. The maximum absolute atomic E-state index is 11.9. The van der Waals surface area contributed by atoms with Crippen LogP contribution in [-0.4, -0.2) is 13.2 Å². The topological polar surface area (TPSA) is 47.6 Å². The zero-order valence-corrected chi connectivity index (χ0v) is 13.1. The number of hydrogen-bond acceptors (Lipinski definition) is 3. The Hall–Kier alpha value is -2.46. The predicted octanol–water partition coefficient (Wildman–Crippen LogP) is 4.99. The summed E-state index contributed by atoms with van der Waals surface area (Å²) in [4.78, 5) is 11.9. The van der Waals surface area contributed by atoms with Crippen LogP contribution >= 0.6 is 11.6 Å². The van der Waals surface area contributed by atoms with Crippen LogP contribution in [0.2, 0.25) is 5.02 Å². The van der Waals surface area contributed by atoms with Gasteiger partial charge >= 0.3 is 6.09 Å². The highest BCUT2D eigenvalue weighted by molar-refractivity contribution is 6.30. The van der Waals surface area contributed by atoms with Gasteiger partial charge in [0.05, 0.1) is 7.11 Å². The van der Waals surface area contributed by atoms with Gasteiger partial charge in [0.1, 0.15) is 0 Å². The fourth-order valence-corrected chi connectivity index (χ4v) is 1.97. The molecule has 0 atom stereocenters. The van der Waals surface area contributed by atoms with Crippen molar-refractivity contribution in [3.05, 3.63) is 59.1 Å². The SMILES string of the molecule is CC=Cc1ccc(OC(=O)Nc2ccc(Cl)cc2)c(OC)c1. The van der Waals surface area contributed by atoms with Crippen LogP contribution < -0.4 is 14.8 Å². The number of ether oxygens (including phenoxy) is 2. The first-order chi connectivity index (χ1) is 10.6. The lowest BCUT2D eigenvalue weighted by Gasteiger charge is -2.11. The van der Waals surface area contributed by atoms with Crippen LogP contribution in [0.4, 0.5) is 10.5 Å². The lowest BCUT2D eigenvalue weighted by atomic mass is 10.2. The molecule has 0 aromatic heterocycles. The highest BCUT2D eigenvalue weighted by Gasteiger charge is 2.10. The molecule has 22 heavy (non-hydrogen) atoms. The number of hydrogen-bond donors (Lipinski definition) is 1. The van der Waals surface area contributed by atoms with Crippen molar-refractivity contribution < 1.29 is 14.3 Å². The van der Waals surface area contributed by atoms with E-state index in [1.807, 2.05) is 25.1 Å². The third-order valence-corrected chi connectivity index (χ3v) is 3.09. The van der Waals surface area contributed by atoms with Gasteiger partial charge in [-0.3, -0.25) is 5.32 Å². The van der Waals surface area contributed by atoms with Crippen LogP contribution in [-0.2, 0) is 0 Å². The third kappa shape index (κ3) is 4.27. The summed E-state index contributed by atoms with van der Waals surface area (Å²) in [5, 5.41) is 3.22. The average molecular weight is 318 g/mol. The number of carbonyl (C=O) groups is 1. The number of carbonyl (C=O) groups excluding carboxylic acids is 1. The van der Waals surface area contributed by atoms with Gasteiger partial charge in [-0.15, -0.1) is 0 Å². The highest BCUT2D eigenvalue weighted by atomic mass is 35.5. The molecular formula is C17H16ClNO3. The maximum Gasteiger partial charge on any atom is 0.417 e. The molecule has 4 nitrogen and oxygen atoms in total. The van der Waals surface area contributed by atoms with Crippen LogP contribution in [0.1, 0.15) is 12.5 Å².